The van der Waals surface area contributed by atoms with E-state index in [1.807, 2.05) is 17.5 Å². The molecule has 0 saturated heterocycles. The van der Waals surface area contributed by atoms with Gasteiger partial charge in [-0.25, -0.2) is 9.36 Å². The van der Waals surface area contributed by atoms with Gasteiger partial charge in [-0.2, -0.15) is 0 Å². The molecular formula is C14H18N2O2S. The second-order valence-electron chi connectivity index (χ2n) is 5.23. The first-order valence-corrected chi connectivity index (χ1v) is 7.70. The maximum absolute atomic E-state index is 12.0. The predicted octanol–water partition coefficient (Wildman–Crippen LogP) is 3.06. The van der Waals surface area contributed by atoms with Crippen LogP contribution in [0.3, 0.4) is 0 Å². The SMILES string of the molecule is O=c1[nH]c(CC2CCCCC2)c(O)n1-c1cccs1. The lowest BCUT2D eigenvalue weighted by molar-refractivity contribution is 0.347. The molecule has 4 nitrogen and oxygen atoms in total. The molecule has 0 spiro atoms. The van der Waals surface area contributed by atoms with Crippen LogP contribution in [0.25, 0.3) is 5.00 Å². The van der Waals surface area contributed by atoms with Crippen molar-refractivity contribution in [2.24, 2.45) is 5.92 Å². The summed E-state index contributed by atoms with van der Waals surface area (Å²) in [7, 11) is 0. The molecule has 0 atom stereocenters. The Balaban J connectivity index is 1.87. The summed E-state index contributed by atoms with van der Waals surface area (Å²) in [6.07, 6.45) is 7.02. The van der Waals surface area contributed by atoms with Crippen molar-refractivity contribution in [2.75, 3.05) is 0 Å². The molecule has 102 valence electrons. The Bertz CT molecular complexity index is 591. The third-order valence-corrected chi connectivity index (χ3v) is 4.74. The molecule has 0 aliphatic heterocycles. The summed E-state index contributed by atoms with van der Waals surface area (Å²) in [6, 6.07) is 3.71. The van der Waals surface area contributed by atoms with E-state index >= 15 is 0 Å². The second-order valence-corrected chi connectivity index (χ2v) is 6.15. The summed E-state index contributed by atoms with van der Waals surface area (Å²) < 4.78 is 1.36. The van der Waals surface area contributed by atoms with Crippen molar-refractivity contribution in [2.45, 2.75) is 38.5 Å². The minimum absolute atomic E-state index is 0.0815. The fraction of sp³-hybridized carbons (Fsp3) is 0.500. The van der Waals surface area contributed by atoms with E-state index in [0.29, 0.717) is 11.6 Å². The first-order chi connectivity index (χ1) is 9.25. The van der Waals surface area contributed by atoms with Crippen molar-refractivity contribution in [3.8, 4) is 10.9 Å². The molecule has 0 bridgehead atoms. The summed E-state index contributed by atoms with van der Waals surface area (Å²) >= 11 is 1.45. The average molecular weight is 278 g/mol. The predicted molar refractivity (Wildman–Crippen MR) is 76.2 cm³/mol. The quantitative estimate of drug-likeness (QED) is 0.906. The molecule has 1 aliphatic rings. The van der Waals surface area contributed by atoms with Gasteiger partial charge in [0, 0.05) is 0 Å². The van der Waals surface area contributed by atoms with E-state index in [1.54, 1.807) is 0 Å². The number of imidazole rings is 1. The van der Waals surface area contributed by atoms with E-state index in [4.69, 9.17) is 0 Å². The Kier molecular flexibility index (Phi) is 3.46. The van der Waals surface area contributed by atoms with Gasteiger partial charge in [0.25, 0.3) is 0 Å². The van der Waals surface area contributed by atoms with E-state index < -0.39 is 0 Å². The zero-order valence-electron chi connectivity index (χ0n) is 10.8. The van der Waals surface area contributed by atoms with Crippen LogP contribution < -0.4 is 5.69 Å². The number of hydrogen-bond acceptors (Lipinski definition) is 3. The van der Waals surface area contributed by atoms with Gasteiger partial charge < -0.3 is 10.1 Å². The fourth-order valence-corrected chi connectivity index (χ4v) is 3.62. The van der Waals surface area contributed by atoms with Crippen LogP contribution >= 0.6 is 11.3 Å². The van der Waals surface area contributed by atoms with Crippen LogP contribution in [0.4, 0.5) is 0 Å². The molecule has 2 aromatic rings. The molecule has 3 rings (SSSR count). The molecule has 1 fully saturated rings. The largest absolute Gasteiger partial charge is 0.493 e. The Morgan fingerprint density at radius 3 is 2.84 bits per heavy atom. The zero-order valence-corrected chi connectivity index (χ0v) is 11.6. The third-order valence-electron chi connectivity index (χ3n) is 3.89. The van der Waals surface area contributed by atoms with Crippen molar-refractivity contribution >= 4 is 11.3 Å². The second kappa shape index (κ2) is 5.25. The number of hydrogen-bond donors (Lipinski definition) is 2. The van der Waals surface area contributed by atoms with Gasteiger partial charge in [-0.15, -0.1) is 11.3 Å². The van der Waals surface area contributed by atoms with Crippen LogP contribution in [0.5, 0.6) is 5.88 Å². The van der Waals surface area contributed by atoms with Gasteiger partial charge in [-0.3, -0.25) is 0 Å². The summed E-state index contributed by atoms with van der Waals surface area (Å²) in [5.74, 6) is 0.674. The molecule has 1 saturated carbocycles. The molecule has 0 unspecified atom stereocenters. The molecule has 2 heterocycles. The summed E-state index contributed by atoms with van der Waals surface area (Å²) in [6.45, 7) is 0. The Morgan fingerprint density at radius 1 is 1.37 bits per heavy atom. The number of aromatic hydroxyl groups is 1. The van der Waals surface area contributed by atoms with Gasteiger partial charge in [-0.1, -0.05) is 32.1 Å². The fourth-order valence-electron chi connectivity index (χ4n) is 2.90. The van der Waals surface area contributed by atoms with E-state index in [9.17, 15) is 9.90 Å². The van der Waals surface area contributed by atoms with Crippen molar-refractivity contribution in [1.29, 1.82) is 0 Å². The molecule has 0 amide bonds. The van der Waals surface area contributed by atoms with E-state index in [0.717, 1.165) is 11.4 Å². The number of nitrogens with zero attached hydrogens (tertiary/aromatic N) is 1. The number of nitrogens with one attached hydrogen (secondary N) is 1. The molecule has 2 N–H and O–H groups in total. The Hall–Kier alpha value is -1.49. The van der Waals surface area contributed by atoms with Crippen molar-refractivity contribution in [3.63, 3.8) is 0 Å². The van der Waals surface area contributed by atoms with Crippen LogP contribution in [0.1, 0.15) is 37.8 Å². The topological polar surface area (TPSA) is 58.0 Å². The highest BCUT2D eigenvalue weighted by Crippen LogP contribution is 2.29. The highest BCUT2D eigenvalue weighted by molar-refractivity contribution is 7.12. The zero-order chi connectivity index (χ0) is 13.2. The van der Waals surface area contributed by atoms with Crippen molar-refractivity contribution < 1.29 is 5.11 Å². The summed E-state index contributed by atoms with van der Waals surface area (Å²) in [5, 5.41) is 12.9. The van der Waals surface area contributed by atoms with Crippen molar-refractivity contribution in [1.82, 2.24) is 9.55 Å². The minimum Gasteiger partial charge on any atom is -0.493 e. The third kappa shape index (κ3) is 2.47. The number of aromatic nitrogens is 2. The van der Waals surface area contributed by atoms with Gasteiger partial charge in [0.15, 0.2) is 0 Å². The lowest BCUT2D eigenvalue weighted by Gasteiger charge is -2.20. The van der Waals surface area contributed by atoms with Gasteiger partial charge in [0.1, 0.15) is 5.00 Å². The highest BCUT2D eigenvalue weighted by atomic mass is 32.1. The maximum Gasteiger partial charge on any atom is 0.333 e. The van der Waals surface area contributed by atoms with Gasteiger partial charge in [0.2, 0.25) is 5.88 Å². The van der Waals surface area contributed by atoms with Gasteiger partial charge in [-0.05, 0) is 29.9 Å². The first-order valence-electron chi connectivity index (χ1n) is 6.82. The number of aromatic amines is 1. The minimum atomic E-state index is -0.245. The highest BCUT2D eigenvalue weighted by Gasteiger charge is 2.20. The molecule has 5 heteroatoms. The van der Waals surface area contributed by atoms with Gasteiger partial charge in [0.05, 0.1) is 5.69 Å². The van der Waals surface area contributed by atoms with Crippen LogP contribution in [0.2, 0.25) is 0 Å². The van der Waals surface area contributed by atoms with Gasteiger partial charge >= 0.3 is 5.69 Å². The molecular weight excluding hydrogens is 260 g/mol. The van der Waals surface area contributed by atoms with E-state index in [-0.39, 0.29) is 11.6 Å². The van der Waals surface area contributed by atoms with Crippen LogP contribution in [-0.2, 0) is 6.42 Å². The molecule has 0 radical (unpaired) electrons. The van der Waals surface area contributed by atoms with E-state index in [2.05, 4.69) is 4.98 Å². The Labute approximate surface area is 115 Å². The summed E-state index contributed by atoms with van der Waals surface area (Å²) in [4.78, 5) is 14.8. The molecule has 19 heavy (non-hydrogen) atoms. The first kappa shape index (κ1) is 12.5. The van der Waals surface area contributed by atoms with Crippen molar-refractivity contribution in [3.05, 3.63) is 33.7 Å². The normalized spacial score (nSPS) is 16.8. The summed E-state index contributed by atoms with van der Waals surface area (Å²) in [5.41, 5.74) is 0.441. The molecule has 1 aliphatic carbocycles. The monoisotopic (exact) mass is 278 g/mol. The number of H-pyrrole nitrogens is 1. The smallest absolute Gasteiger partial charge is 0.333 e. The van der Waals surface area contributed by atoms with Crippen LogP contribution in [0.15, 0.2) is 22.3 Å². The Morgan fingerprint density at radius 2 is 2.16 bits per heavy atom. The molecule has 2 aromatic heterocycles. The lowest BCUT2D eigenvalue weighted by Crippen LogP contribution is -2.13. The maximum atomic E-state index is 12.0. The average Bonchev–Trinajstić information content (AvgIpc) is 3.01. The van der Waals surface area contributed by atoms with Crippen LogP contribution in [-0.4, -0.2) is 14.7 Å². The van der Waals surface area contributed by atoms with E-state index in [1.165, 1.54) is 48.0 Å². The number of rotatable bonds is 3. The molecule has 0 aromatic carbocycles. The number of thiophene rings is 1. The lowest BCUT2D eigenvalue weighted by atomic mass is 9.86. The van der Waals surface area contributed by atoms with Crippen LogP contribution in [0, 0.1) is 5.92 Å². The standard InChI is InChI=1S/C14H18N2O2S/c17-13-11(9-10-5-2-1-3-6-10)15-14(18)16(13)12-7-4-8-19-12/h4,7-8,10,17H,1-3,5-6,9H2,(H,15,18).